The lowest BCUT2D eigenvalue weighted by Crippen LogP contribution is -2.50. The van der Waals surface area contributed by atoms with Crippen LogP contribution in [0.15, 0.2) is 48.5 Å². The first-order valence-corrected chi connectivity index (χ1v) is 10.9. The molecular formula is C21H22N6O4S. The Kier molecular flexibility index (Phi) is 6.69. The molecule has 2 heterocycles. The van der Waals surface area contributed by atoms with Gasteiger partial charge in [0.1, 0.15) is 0 Å². The second-order valence-electron chi connectivity index (χ2n) is 7.44. The molecule has 32 heavy (non-hydrogen) atoms. The zero-order valence-electron chi connectivity index (χ0n) is 17.2. The average Bonchev–Trinajstić information content (AvgIpc) is 3.17. The number of anilines is 2. The summed E-state index contributed by atoms with van der Waals surface area (Å²) in [5.41, 5.74) is 1.37. The first-order chi connectivity index (χ1) is 15.5. The summed E-state index contributed by atoms with van der Waals surface area (Å²) in [5.74, 6) is -0.283. The van der Waals surface area contributed by atoms with Gasteiger partial charge in [-0.05, 0) is 24.3 Å². The maximum atomic E-state index is 12.4. The normalized spacial score (nSPS) is 14.9. The van der Waals surface area contributed by atoms with Gasteiger partial charge in [0.2, 0.25) is 11.8 Å². The highest BCUT2D eigenvalue weighted by Crippen LogP contribution is 2.25. The number of fused-ring (bicyclic) bond motifs is 1. The van der Waals surface area contributed by atoms with Crippen molar-refractivity contribution in [2.24, 2.45) is 0 Å². The molecule has 3 aromatic rings. The van der Waals surface area contributed by atoms with E-state index in [1.807, 2.05) is 34.1 Å². The van der Waals surface area contributed by atoms with Gasteiger partial charge in [-0.25, -0.2) is 4.98 Å². The summed E-state index contributed by atoms with van der Waals surface area (Å²) in [6.07, 6.45) is 0. The monoisotopic (exact) mass is 454 g/mol. The third kappa shape index (κ3) is 5.63. The summed E-state index contributed by atoms with van der Waals surface area (Å²) in [4.78, 5) is 43.3. The maximum Gasteiger partial charge on any atom is 0.269 e. The van der Waals surface area contributed by atoms with Crippen LogP contribution in [0, 0.1) is 10.1 Å². The molecule has 2 amide bonds. The number of piperazine rings is 1. The van der Waals surface area contributed by atoms with Crippen LogP contribution in [0.1, 0.15) is 0 Å². The molecule has 1 aliphatic rings. The van der Waals surface area contributed by atoms with Crippen molar-refractivity contribution in [1.82, 2.24) is 14.8 Å². The minimum atomic E-state index is -0.482. The number of carbonyl (C=O) groups is 2. The molecule has 0 bridgehead atoms. The van der Waals surface area contributed by atoms with Crippen LogP contribution in [0.4, 0.5) is 16.5 Å². The standard InChI is InChI=1S/C21H22N6O4S/c28-19(22-15-5-7-16(8-6-15)27(30)31)13-25-9-11-26(12-10-25)14-20(29)24-21-23-17-3-1-2-4-18(17)32-21/h1-8H,9-14H2,(H,22,28)(H,23,24,29). The average molecular weight is 455 g/mol. The summed E-state index contributed by atoms with van der Waals surface area (Å²) in [5, 5.41) is 16.9. The van der Waals surface area contributed by atoms with E-state index in [1.54, 1.807) is 0 Å². The Morgan fingerprint density at radius 2 is 1.53 bits per heavy atom. The zero-order chi connectivity index (χ0) is 22.5. The van der Waals surface area contributed by atoms with Crippen molar-refractivity contribution in [2.75, 3.05) is 49.9 Å². The van der Waals surface area contributed by atoms with Crippen LogP contribution >= 0.6 is 11.3 Å². The molecule has 1 saturated heterocycles. The molecule has 1 aromatic heterocycles. The first kappa shape index (κ1) is 21.8. The molecule has 10 nitrogen and oxygen atoms in total. The van der Waals surface area contributed by atoms with E-state index < -0.39 is 4.92 Å². The lowest BCUT2D eigenvalue weighted by Gasteiger charge is -2.33. The highest BCUT2D eigenvalue weighted by molar-refractivity contribution is 7.22. The quantitative estimate of drug-likeness (QED) is 0.415. The largest absolute Gasteiger partial charge is 0.325 e. The number of amides is 2. The van der Waals surface area contributed by atoms with Gasteiger partial charge in [-0.2, -0.15) is 0 Å². The number of nitrogens with zero attached hydrogens (tertiary/aromatic N) is 4. The summed E-state index contributed by atoms with van der Waals surface area (Å²) < 4.78 is 1.03. The number of non-ortho nitro benzene ring substituents is 1. The lowest BCUT2D eigenvalue weighted by atomic mass is 10.2. The van der Waals surface area contributed by atoms with Crippen LogP contribution in [-0.4, -0.2) is 70.8 Å². The SMILES string of the molecule is O=C(CN1CCN(CC(=O)Nc2nc3ccccc3s2)CC1)Nc1ccc([N+](=O)[O-])cc1. The van der Waals surface area contributed by atoms with Gasteiger partial charge in [-0.15, -0.1) is 0 Å². The van der Waals surface area contributed by atoms with Crippen molar-refractivity contribution >= 4 is 49.9 Å². The van der Waals surface area contributed by atoms with Crippen molar-refractivity contribution in [3.63, 3.8) is 0 Å². The van der Waals surface area contributed by atoms with Gasteiger partial charge in [-0.3, -0.25) is 29.5 Å². The minimum absolute atomic E-state index is 0.0220. The van der Waals surface area contributed by atoms with E-state index in [4.69, 9.17) is 0 Å². The molecule has 4 rings (SSSR count). The number of hydrogen-bond acceptors (Lipinski definition) is 8. The number of thiazole rings is 1. The number of nitro benzene ring substituents is 1. The van der Waals surface area contributed by atoms with Crippen LogP contribution in [0.25, 0.3) is 10.2 Å². The Morgan fingerprint density at radius 1 is 0.938 bits per heavy atom. The molecule has 0 saturated carbocycles. The molecule has 2 aromatic carbocycles. The molecule has 0 spiro atoms. The van der Waals surface area contributed by atoms with Gasteiger partial charge in [-0.1, -0.05) is 23.5 Å². The smallest absolute Gasteiger partial charge is 0.269 e. The summed E-state index contributed by atoms with van der Waals surface area (Å²) in [7, 11) is 0. The predicted molar refractivity (Wildman–Crippen MR) is 123 cm³/mol. The summed E-state index contributed by atoms with van der Waals surface area (Å²) in [6, 6.07) is 13.5. The molecule has 0 aliphatic carbocycles. The van der Waals surface area contributed by atoms with Crippen LogP contribution in [0.2, 0.25) is 0 Å². The third-order valence-electron chi connectivity index (χ3n) is 5.10. The number of carbonyl (C=O) groups excluding carboxylic acids is 2. The second-order valence-corrected chi connectivity index (χ2v) is 8.47. The van der Waals surface area contributed by atoms with E-state index in [9.17, 15) is 19.7 Å². The fourth-order valence-corrected chi connectivity index (χ4v) is 4.35. The third-order valence-corrected chi connectivity index (χ3v) is 6.05. The topological polar surface area (TPSA) is 121 Å². The molecule has 0 unspecified atom stereocenters. The predicted octanol–water partition coefficient (Wildman–Crippen LogP) is 2.40. The van der Waals surface area contributed by atoms with Crippen LogP contribution in [0.5, 0.6) is 0 Å². The van der Waals surface area contributed by atoms with E-state index in [2.05, 4.69) is 15.6 Å². The van der Waals surface area contributed by atoms with Crippen molar-refractivity contribution in [2.45, 2.75) is 0 Å². The number of benzene rings is 2. The Hall–Kier alpha value is -3.41. The molecule has 1 aliphatic heterocycles. The van der Waals surface area contributed by atoms with E-state index in [0.29, 0.717) is 37.0 Å². The number of aromatic nitrogens is 1. The van der Waals surface area contributed by atoms with Crippen molar-refractivity contribution < 1.29 is 14.5 Å². The highest BCUT2D eigenvalue weighted by Gasteiger charge is 2.21. The molecular weight excluding hydrogens is 432 g/mol. The number of para-hydroxylation sites is 1. The van der Waals surface area contributed by atoms with Crippen molar-refractivity contribution in [3.05, 3.63) is 58.6 Å². The van der Waals surface area contributed by atoms with E-state index in [1.165, 1.54) is 35.6 Å². The maximum absolute atomic E-state index is 12.4. The Morgan fingerprint density at radius 3 is 2.12 bits per heavy atom. The fraction of sp³-hybridized carbons (Fsp3) is 0.286. The van der Waals surface area contributed by atoms with Gasteiger partial charge in [0, 0.05) is 44.0 Å². The van der Waals surface area contributed by atoms with Gasteiger partial charge >= 0.3 is 0 Å². The first-order valence-electron chi connectivity index (χ1n) is 10.1. The highest BCUT2D eigenvalue weighted by atomic mass is 32.1. The molecule has 2 N–H and O–H groups in total. The van der Waals surface area contributed by atoms with E-state index >= 15 is 0 Å². The van der Waals surface area contributed by atoms with Crippen LogP contribution in [-0.2, 0) is 9.59 Å². The van der Waals surface area contributed by atoms with Crippen LogP contribution < -0.4 is 10.6 Å². The summed E-state index contributed by atoms with van der Waals surface area (Å²) in [6.45, 7) is 3.20. The Balaban J connectivity index is 1.19. The number of rotatable bonds is 7. The molecule has 0 radical (unpaired) electrons. The molecule has 11 heteroatoms. The number of hydrogen-bond donors (Lipinski definition) is 2. The zero-order valence-corrected chi connectivity index (χ0v) is 18.0. The lowest BCUT2D eigenvalue weighted by molar-refractivity contribution is -0.384. The molecule has 1 fully saturated rings. The van der Waals surface area contributed by atoms with Crippen molar-refractivity contribution in [3.8, 4) is 0 Å². The summed E-state index contributed by atoms with van der Waals surface area (Å²) >= 11 is 1.45. The Bertz CT molecular complexity index is 1090. The van der Waals surface area contributed by atoms with Gasteiger partial charge in [0.25, 0.3) is 5.69 Å². The fourth-order valence-electron chi connectivity index (χ4n) is 3.46. The van der Waals surface area contributed by atoms with Gasteiger partial charge < -0.3 is 10.6 Å². The molecule has 166 valence electrons. The van der Waals surface area contributed by atoms with E-state index in [-0.39, 0.29) is 30.6 Å². The van der Waals surface area contributed by atoms with Gasteiger partial charge in [0.15, 0.2) is 5.13 Å². The van der Waals surface area contributed by atoms with Gasteiger partial charge in [0.05, 0.1) is 28.2 Å². The van der Waals surface area contributed by atoms with Crippen LogP contribution in [0.3, 0.4) is 0 Å². The minimum Gasteiger partial charge on any atom is -0.325 e. The number of nitro groups is 1. The number of nitrogens with one attached hydrogen (secondary N) is 2. The second kappa shape index (κ2) is 9.81. The van der Waals surface area contributed by atoms with Crippen molar-refractivity contribution in [1.29, 1.82) is 0 Å². The molecule has 0 atom stereocenters. The Labute approximate surface area is 188 Å². The van der Waals surface area contributed by atoms with E-state index in [0.717, 1.165) is 10.2 Å².